The van der Waals surface area contributed by atoms with E-state index < -0.39 is 0 Å². The van der Waals surface area contributed by atoms with Crippen LogP contribution in [0.4, 0.5) is 0 Å². The Hall–Kier alpha value is -0.820. The van der Waals surface area contributed by atoms with Crippen LogP contribution in [0.3, 0.4) is 0 Å². The van der Waals surface area contributed by atoms with E-state index in [1.54, 1.807) is 0 Å². The van der Waals surface area contributed by atoms with Crippen molar-refractivity contribution in [2.24, 2.45) is 5.92 Å². The summed E-state index contributed by atoms with van der Waals surface area (Å²) in [6.07, 6.45) is 5.42. The molecule has 0 radical (unpaired) electrons. The molecule has 2 unspecified atom stereocenters. The van der Waals surface area contributed by atoms with Crippen molar-refractivity contribution >= 4 is 0 Å². The summed E-state index contributed by atoms with van der Waals surface area (Å²) in [5.74, 6) is 1.01. The van der Waals surface area contributed by atoms with Crippen LogP contribution < -0.4 is 5.32 Å². The van der Waals surface area contributed by atoms with Crippen LogP contribution in [0.25, 0.3) is 0 Å². The van der Waals surface area contributed by atoms with Gasteiger partial charge < -0.3 is 5.32 Å². The molecule has 1 N–H and O–H groups in total. The molecular formula is C15H23N. The predicted octanol–water partition coefficient (Wildman–Crippen LogP) is 3.92. The van der Waals surface area contributed by atoms with Crippen molar-refractivity contribution in [3.8, 4) is 0 Å². The summed E-state index contributed by atoms with van der Waals surface area (Å²) in [5, 5.41) is 3.75. The van der Waals surface area contributed by atoms with Gasteiger partial charge >= 0.3 is 0 Å². The number of benzene rings is 1. The second-order valence-electron chi connectivity index (χ2n) is 5.12. The molecule has 0 heterocycles. The number of hydrogen-bond acceptors (Lipinski definition) is 1. The maximum absolute atomic E-state index is 3.75. The van der Waals surface area contributed by atoms with Crippen LogP contribution in [0.15, 0.2) is 30.3 Å². The van der Waals surface area contributed by atoms with Crippen LogP contribution in [0.1, 0.15) is 51.1 Å². The van der Waals surface area contributed by atoms with Crippen LogP contribution in [0, 0.1) is 5.92 Å². The lowest BCUT2D eigenvalue weighted by Crippen LogP contribution is -2.30. The van der Waals surface area contributed by atoms with Gasteiger partial charge in [-0.1, -0.05) is 50.1 Å². The Morgan fingerprint density at radius 2 is 1.94 bits per heavy atom. The summed E-state index contributed by atoms with van der Waals surface area (Å²) in [6.45, 7) is 4.58. The topological polar surface area (TPSA) is 12.0 Å². The molecular weight excluding hydrogens is 194 g/mol. The van der Waals surface area contributed by atoms with Gasteiger partial charge in [-0.05, 0) is 31.2 Å². The van der Waals surface area contributed by atoms with Crippen molar-refractivity contribution in [1.82, 2.24) is 5.32 Å². The second-order valence-corrected chi connectivity index (χ2v) is 5.12. The number of rotatable bonds is 6. The quantitative estimate of drug-likeness (QED) is 0.761. The molecule has 1 aromatic rings. The highest BCUT2D eigenvalue weighted by atomic mass is 14.9. The lowest BCUT2D eigenvalue weighted by molar-refractivity contribution is 0.413. The lowest BCUT2D eigenvalue weighted by atomic mass is 10.0. The monoisotopic (exact) mass is 217 g/mol. The number of nitrogens with one attached hydrogen (secondary N) is 1. The first-order chi connectivity index (χ1) is 7.79. The zero-order valence-electron chi connectivity index (χ0n) is 10.4. The molecule has 1 aliphatic rings. The van der Waals surface area contributed by atoms with Crippen LogP contribution >= 0.6 is 0 Å². The minimum Gasteiger partial charge on any atom is -0.307 e. The van der Waals surface area contributed by atoms with Gasteiger partial charge in [0.1, 0.15) is 0 Å². The first-order valence-corrected chi connectivity index (χ1v) is 6.60. The van der Waals surface area contributed by atoms with E-state index in [0.717, 1.165) is 5.92 Å². The zero-order valence-corrected chi connectivity index (χ0v) is 10.4. The maximum Gasteiger partial charge on any atom is 0.0319 e. The van der Waals surface area contributed by atoms with Crippen LogP contribution in [-0.2, 0) is 0 Å². The SMILES string of the molecule is CCC(NC(C)CC1CC1)c1ccccc1. The van der Waals surface area contributed by atoms with Crippen molar-refractivity contribution in [2.75, 3.05) is 0 Å². The third kappa shape index (κ3) is 3.34. The Kier molecular flexibility index (Phi) is 4.00. The Bertz CT molecular complexity index is 302. The summed E-state index contributed by atoms with van der Waals surface area (Å²) in [6, 6.07) is 12.0. The molecule has 1 saturated carbocycles. The molecule has 1 heteroatoms. The molecule has 0 spiro atoms. The molecule has 0 bridgehead atoms. The highest BCUT2D eigenvalue weighted by molar-refractivity contribution is 5.18. The van der Waals surface area contributed by atoms with Gasteiger partial charge in [0.25, 0.3) is 0 Å². The van der Waals surface area contributed by atoms with Crippen molar-refractivity contribution < 1.29 is 0 Å². The highest BCUT2D eigenvalue weighted by Gasteiger charge is 2.24. The molecule has 88 valence electrons. The Morgan fingerprint density at radius 1 is 1.25 bits per heavy atom. The number of hydrogen-bond donors (Lipinski definition) is 1. The Morgan fingerprint density at radius 3 is 2.50 bits per heavy atom. The van der Waals surface area contributed by atoms with Crippen molar-refractivity contribution in [2.45, 2.75) is 51.6 Å². The predicted molar refractivity (Wildman–Crippen MR) is 69.4 cm³/mol. The van der Waals surface area contributed by atoms with Gasteiger partial charge in [-0.2, -0.15) is 0 Å². The second kappa shape index (κ2) is 5.49. The molecule has 1 aliphatic carbocycles. The van der Waals surface area contributed by atoms with Gasteiger partial charge in [0.15, 0.2) is 0 Å². The van der Waals surface area contributed by atoms with E-state index in [4.69, 9.17) is 0 Å². The van der Waals surface area contributed by atoms with Gasteiger partial charge in [0, 0.05) is 12.1 Å². The minimum absolute atomic E-state index is 0.523. The van der Waals surface area contributed by atoms with E-state index in [1.165, 1.54) is 31.2 Å². The fourth-order valence-corrected chi connectivity index (χ4v) is 2.40. The van der Waals surface area contributed by atoms with Crippen molar-refractivity contribution in [3.63, 3.8) is 0 Å². The molecule has 2 rings (SSSR count). The molecule has 1 aromatic carbocycles. The van der Waals surface area contributed by atoms with Gasteiger partial charge in [-0.3, -0.25) is 0 Å². The van der Waals surface area contributed by atoms with Crippen LogP contribution in [-0.4, -0.2) is 6.04 Å². The average molecular weight is 217 g/mol. The molecule has 0 saturated heterocycles. The van der Waals surface area contributed by atoms with Crippen LogP contribution in [0.5, 0.6) is 0 Å². The highest BCUT2D eigenvalue weighted by Crippen LogP contribution is 2.34. The lowest BCUT2D eigenvalue weighted by Gasteiger charge is -2.22. The Balaban J connectivity index is 1.89. The third-order valence-electron chi connectivity index (χ3n) is 3.48. The van der Waals surface area contributed by atoms with Crippen molar-refractivity contribution in [3.05, 3.63) is 35.9 Å². The molecule has 16 heavy (non-hydrogen) atoms. The third-order valence-corrected chi connectivity index (χ3v) is 3.48. The smallest absolute Gasteiger partial charge is 0.0319 e. The minimum atomic E-state index is 0.523. The van der Waals surface area contributed by atoms with Gasteiger partial charge in [0.2, 0.25) is 0 Å². The summed E-state index contributed by atoms with van der Waals surface area (Å²) < 4.78 is 0. The van der Waals surface area contributed by atoms with Crippen molar-refractivity contribution in [1.29, 1.82) is 0 Å². The van der Waals surface area contributed by atoms with E-state index in [-0.39, 0.29) is 0 Å². The molecule has 0 amide bonds. The Labute approximate surface area is 99.3 Å². The molecule has 1 fully saturated rings. The van der Waals surface area contributed by atoms with E-state index in [2.05, 4.69) is 49.5 Å². The maximum atomic E-state index is 3.75. The summed E-state index contributed by atoms with van der Waals surface area (Å²) in [7, 11) is 0. The normalized spacial score (nSPS) is 19.4. The fraction of sp³-hybridized carbons (Fsp3) is 0.600. The summed E-state index contributed by atoms with van der Waals surface area (Å²) in [5.41, 5.74) is 1.42. The van der Waals surface area contributed by atoms with Crippen LogP contribution in [0.2, 0.25) is 0 Å². The summed E-state index contributed by atoms with van der Waals surface area (Å²) >= 11 is 0. The molecule has 0 aliphatic heterocycles. The molecule has 1 nitrogen and oxygen atoms in total. The van der Waals surface area contributed by atoms with Gasteiger partial charge in [-0.25, -0.2) is 0 Å². The molecule has 0 aromatic heterocycles. The summed E-state index contributed by atoms with van der Waals surface area (Å²) in [4.78, 5) is 0. The van der Waals surface area contributed by atoms with Gasteiger partial charge in [0.05, 0.1) is 0 Å². The fourth-order valence-electron chi connectivity index (χ4n) is 2.40. The first kappa shape index (κ1) is 11.7. The average Bonchev–Trinajstić information content (AvgIpc) is 3.11. The van der Waals surface area contributed by atoms with E-state index >= 15 is 0 Å². The van der Waals surface area contributed by atoms with E-state index in [0.29, 0.717) is 12.1 Å². The van der Waals surface area contributed by atoms with E-state index in [9.17, 15) is 0 Å². The van der Waals surface area contributed by atoms with Gasteiger partial charge in [-0.15, -0.1) is 0 Å². The standard InChI is InChI=1S/C15H23N/c1-3-15(14-7-5-4-6-8-14)16-12(2)11-13-9-10-13/h4-8,12-13,15-16H,3,9-11H2,1-2H3. The largest absolute Gasteiger partial charge is 0.307 e. The first-order valence-electron chi connectivity index (χ1n) is 6.60. The molecule has 2 atom stereocenters. The zero-order chi connectivity index (χ0) is 11.4. The van der Waals surface area contributed by atoms with E-state index in [1.807, 2.05) is 0 Å².